The second-order valence-electron chi connectivity index (χ2n) is 6.75. The summed E-state index contributed by atoms with van der Waals surface area (Å²) in [5, 5.41) is 3.58. The van der Waals surface area contributed by atoms with Crippen LogP contribution < -0.4 is 5.32 Å². The van der Waals surface area contributed by atoms with Gasteiger partial charge in [0.25, 0.3) is 0 Å². The van der Waals surface area contributed by atoms with Crippen LogP contribution in [0, 0.1) is 5.82 Å². The number of nitrogens with zero attached hydrogens (tertiary/aromatic N) is 2. The van der Waals surface area contributed by atoms with Crippen LogP contribution in [0.5, 0.6) is 0 Å². The van der Waals surface area contributed by atoms with E-state index in [0.29, 0.717) is 12.1 Å². The molecule has 0 aliphatic carbocycles. The van der Waals surface area contributed by atoms with Gasteiger partial charge in [-0.05, 0) is 31.5 Å². The van der Waals surface area contributed by atoms with Crippen molar-refractivity contribution >= 4 is 32.5 Å². The number of aromatic nitrogens is 2. The molecule has 5 nitrogen and oxygen atoms in total. The lowest BCUT2D eigenvalue weighted by molar-refractivity contribution is 0.366. The standard InChI is InChI=1S/C19H19ClFN3O2S/c20-15-6-1-2-7-17(15)27(25,26)18-12-24(11-14-5-3-4-8-22-14)16-9-13(21)10-23-19(16)18/h1-2,6-7,9-10,12,14,22H,3-5,8,11H2. The molecular weight excluding hydrogens is 389 g/mol. The summed E-state index contributed by atoms with van der Waals surface area (Å²) in [6.07, 6.45) is 5.83. The lowest BCUT2D eigenvalue weighted by atomic mass is 10.1. The third-order valence-corrected chi connectivity index (χ3v) is 7.15. The van der Waals surface area contributed by atoms with Crippen molar-refractivity contribution in [3.63, 3.8) is 0 Å². The number of sulfone groups is 1. The maximum Gasteiger partial charge on any atom is 0.211 e. The van der Waals surface area contributed by atoms with Crippen LogP contribution in [-0.4, -0.2) is 30.6 Å². The van der Waals surface area contributed by atoms with Gasteiger partial charge in [-0.1, -0.05) is 30.2 Å². The second-order valence-corrected chi connectivity index (χ2v) is 9.04. The molecule has 0 amide bonds. The fraction of sp³-hybridized carbons (Fsp3) is 0.316. The van der Waals surface area contributed by atoms with Crippen LogP contribution in [0.25, 0.3) is 11.0 Å². The first-order chi connectivity index (χ1) is 13.0. The average Bonchev–Trinajstić information content (AvgIpc) is 3.01. The van der Waals surface area contributed by atoms with E-state index in [4.69, 9.17) is 11.6 Å². The van der Waals surface area contributed by atoms with Crippen molar-refractivity contribution in [3.8, 4) is 0 Å². The molecule has 1 atom stereocenters. The van der Waals surface area contributed by atoms with E-state index in [2.05, 4.69) is 10.3 Å². The number of rotatable bonds is 4. The first kappa shape index (κ1) is 18.4. The molecule has 3 aromatic rings. The molecule has 1 fully saturated rings. The minimum absolute atomic E-state index is 0.0210. The average molecular weight is 408 g/mol. The van der Waals surface area contributed by atoms with Crippen molar-refractivity contribution in [2.75, 3.05) is 6.54 Å². The molecule has 0 saturated carbocycles. The molecule has 0 bridgehead atoms. The molecular formula is C19H19ClFN3O2S. The van der Waals surface area contributed by atoms with Crippen LogP contribution in [0.1, 0.15) is 19.3 Å². The summed E-state index contributed by atoms with van der Waals surface area (Å²) < 4.78 is 42.0. The molecule has 1 N–H and O–H groups in total. The zero-order valence-electron chi connectivity index (χ0n) is 14.5. The van der Waals surface area contributed by atoms with Gasteiger partial charge < -0.3 is 9.88 Å². The van der Waals surface area contributed by atoms with E-state index in [9.17, 15) is 12.8 Å². The highest BCUT2D eigenvalue weighted by Gasteiger charge is 2.27. The third-order valence-electron chi connectivity index (χ3n) is 4.90. The summed E-state index contributed by atoms with van der Waals surface area (Å²) in [6, 6.07) is 7.84. The summed E-state index contributed by atoms with van der Waals surface area (Å²) in [6.45, 7) is 1.49. The second kappa shape index (κ2) is 7.22. The van der Waals surface area contributed by atoms with Gasteiger partial charge in [-0.15, -0.1) is 0 Å². The van der Waals surface area contributed by atoms with Gasteiger partial charge in [-0.25, -0.2) is 12.8 Å². The number of benzene rings is 1. The van der Waals surface area contributed by atoms with Gasteiger partial charge in [0.2, 0.25) is 9.84 Å². The van der Waals surface area contributed by atoms with Crippen LogP contribution in [0.4, 0.5) is 4.39 Å². The van der Waals surface area contributed by atoms with E-state index >= 15 is 0 Å². The van der Waals surface area contributed by atoms with Crippen molar-refractivity contribution in [1.82, 2.24) is 14.9 Å². The highest BCUT2D eigenvalue weighted by Crippen LogP contribution is 2.32. The molecule has 142 valence electrons. The van der Waals surface area contributed by atoms with Crippen molar-refractivity contribution in [1.29, 1.82) is 0 Å². The largest absolute Gasteiger partial charge is 0.343 e. The molecule has 1 saturated heterocycles. The monoisotopic (exact) mass is 407 g/mol. The van der Waals surface area contributed by atoms with E-state index in [1.165, 1.54) is 18.2 Å². The highest BCUT2D eigenvalue weighted by molar-refractivity contribution is 7.91. The molecule has 1 aromatic carbocycles. The van der Waals surface area contributed by atoms with Crippen LogP contribution >= 0.6 is 11.6 Å². The molecule has 1 unspecified atom stereocenters. The highest BCUT2D eigenvalue weighted by atomic mass is 35.5. The summed E-state index contributed by atoms with van der Waals surface area (Å²) in [7, 11) is -3.89. The fourth-order valence-electron chi connectivity index (χ4n) is 3.56. The van der Waals surface area contributed by atoms with Crippen LogP contribution in [0.3, 0.4) is 0 Å². The zero-order valence-corrected chi connectivity index (χ0v) is 16.1. The Morgan fingerprint density at radius 3 is 2.81 bits per heavy atom. The summed E-state index contributed by atoms with van der Waals surface area (Å²) >= 11 is 6.12. The smallest absolute Gasteiger partial charge is 0.211 e. The van der Waals surface area contributed by atoms with Crippen LogP contribution in [0.2, 0.25) is 5.02 Å². The van der Waals surface area contributed by atoms with Crippen LogP contribution in [-0.2, 0) is 16.4 Å². The van der Waals surface area contributed by atoms with E-state index in [-0.39, 0.29) is 26.4 Å². The van der Waals surface area contributed by atoms with Crippen molar-refractivity contribution in [2.45, 2.75) is 41.6 Å². The van der Waals surface area contributed by atoms with Gasteiger partial charge in [0.15, 0.2) is 0 Å². The van der Waals surface area contributed by atoms with Crippen molar-refractivity contribution in [3.05, 3.63) is 53.6 Å². The lowest BCUT2D eigenvalue weighted by Crippen LogP contribution is -2.37. The number of fused-ring (bicyclic) bond motifs is 1. The molecule has 3 heterocycles. The Kier molecular flexibility index (Phi) is 4.92. The molecule has 1 aliphatic rings. The predicted molar refractivity (Wildman–Crippen MR) is 102 cm³/mol. The molecule has 8 heteroatoms. The summed E-state index contributed by atoms with van der Waals surface area (Å²) in [5.74, 6) is -0.500. The minimum atomic E-state index is -3.89. The van der Waals surface area contributed by atoms with Gasteiger partial charge in [0.05, 0.1) is 21.6 Å². The Hall–Kier alpha value is -1.96. The van der Waals surface area contributed by atoms with E-state index in [0.717, 1.165) is 32.0 Å². The Labute approximate surface area is 162 Å². The summed E-state index contributed by atoms with van der Waals surface area (Å²) in [5.41, 5.74) is 0.722. The Balaban J connectivity index is 1.85. The molecule has 1 aliphatic heterocycles. The maximum absolute atomic E-state index is 13.8. The summed E-state index contributed by atoms with van der Waals surface area (Å²) in [4.78, 5) is 4.14. The number of piperidine rings is 1. The SMILES string of the molecule is O=S(=O)(c1ccccc1Cl)c1cn(CC2CCCCN2)c2cc(F)cnc12. The van der Waals surface area contributed by atoms with Gasteiger partial charge in [-0.3, -0.25) is 4.98 Å². The van der Waals surface area contributed by atoms with Crippen molar-refractivity contribution in [2.24, 2.45) is 0 Å². The van der Waals surface area contributed by atoms with Gasteiger partial charge >= 0.3 is 0 Å². The van der Waals surface area contributed by atoms with E-state index in [1.54, 1.807) is 22.9 Å². The Morgan fingerprint density at radius 1 is 1.26 bits per heavy atom. The predicted octanol–water partition coefficient (Wildman–Crippen LogP) is 3.80. The van der Waals surface area contributed by atoms with Crippen molar-refractivity contribution < 1.29 is 12.8 Å². The number of hydrogen-bond donors (Lipinski definition) is 1. The minimum Gasteiger partial charge on any atom is -0.343 e. The molecule has 0 spiro atoms. The normalized spacial score (nSPS) is 18.1. The van der Waals surface area contributed by atoms with Gasteiger partial charge in [0, 0.05) is 24.8 Å². The molecule has 27 heavy (non-hydrogen) atoms. The Morgan fingerprint density at radius 2 is 2.07 bits per heavy atom. The maximum atomic E-state index is 13.8. The zero-order chi connectivity index (χ0) is 19.0. The molecule has 0 radical (unpaired) electrons. The first-order valence-corrected chi connectivity index (χ1v) is 10.7. The van der Waals surface area contributed by atoms with Gasteiger partial charge in [0.1, 0.15) is 16.2 Å². The number of nitrogens with one attached hydrogen (secondary N) is 1. The third kappa shape index (κ3) is 3.47. The Bertz CT molecular complexity index is 1090. The van der Waals surface area contributed by atoms with E-state index < -0.39 is 15.7 Å². The fourth-order valence-corrected chi connectivity index (χ4v) is 5.49. The number of pyridine rings is 1. The molecule has 4 rings (SSSR count). The number of hydrogen-bond acceptors (Lipinski definition) is 4. The lowest BCUT2D eigenvalue weighted by Gasteiger charge is -2.24. The van der Waals surface area contributed by atoms with E-state index in [1.807, 2.05) is 0 Å². The quantitative estimate of drug-likeness (QED) is 0.714. The topological polar surface area (TPSA) is 64.0 Å². The van der Waals surface area contributed by atoms with Gasteiger partial charge in [-0.2, -0.15) is 0 Å². The number of halogens is 2. The molecule has 2 aromatic heterocycles. The van der Waals surface area contributed by atoms with Crippen LogP contribution in [0.15, 0.2) is 52.5 Å². The first-order valence-electron chi connectivity index (χ1n) is 8.84.